The number of ether oxygens (including phenoxy) is 5. The Morgan fingerprint density at radius 2 is 1.72 bits per heavy atom. The second-order valence-electron chi connectivity index (χ2n) is 7.87. The molecule has 2 unspecified atom stereocenters. The van der Waals surface area contributed by atoms with E-state index in [0.29, 0.717) is 11.3 Å². The summed E-state index contributed by atoms with van der Waals surface area (Å²) in [6.07, 6.45) is -2.10. The molecule has 0 radical (unpaired) electrons. The summed E-state index contributed by atoms with van der Waals surface area (Å²) in [7, 11) is 3.91. The molecule has 2 heterocycles. The molecule has 0 fully saturated rings. The second-order valence-corrected chi connectivity index (χ2v) is 7.87. The zero-order chi connectivity index (χ0) is 25.9. The van der Waals surface area contributed by atoms with E-state index in [2.05, 4.69) is 10.4 Å². The second kappa shape index (κ2) is 9.98. The molecule has 2 aromatic rings. The topological polar surface area (TPSA) is 125 Å². The Kier molecular flexibility index (Phi) is 6.82. The molecule has 2 aliphatic heterocycles. The monoisotopic (exact) mass is 495 g/mol. The lowest BCUT2D eigenvalue weighted by Gasteiger charge is -2.30. The van der Waals surface area contributed by atoms with Crippen LogP contribution in [0.3, 0.4) is 0 Å². The van der Waals surface area contributed by atoms with Crippen molar-refractivity contribution in [2.24, 2.45) is 4.99 Å². The van der Waals surface area contributed by atoms with Crippen LogP contribution in [0.25, 0.3) is 0 Å². The molecular formula is C25H25N3O8. The lowest BCUT2D eigenvalue weighted by atomic mass is 9.90. The molecular weight excluding hydrogens is 470 g/mol. The van der Waals surface area contributed by atoms with Crippen LogP contribution in [-0.4, -0.2) is 62.0 Å². The van der Waals surface area contributed by atoms with Gasteiger partial charge in [0.25, 0.3) is 5.54 Å². The first-order chi connectivity index (χ1) is 17.3. The van der Waals surface area contributed by atoms with E-state index < -0.39 is 29.8 Å². The lowest BCUT2D eigenvalue weighted by molar-refractivity contribution is -0.153. The number of esters is 2. The van der Waals surface area contributed by atoms with Crippen LogP contribution in [0.1, 0.15) is 18.1 Å². The van der Waals surface area contributed by atoms with Gasteiger partial charge in [0, 0.05) is 11.3 Å². The highest BCUT2D eigenvalue weighted by Crippen LogP contribution is 2.45. The SMILES string of the molecule is COC(=O)C1=C(C)N(NC(=O)OCc2ccc(OC)cc2)C2OC(c3ccccc3)=NC12C(=O)OC. The van der Waals surface area contributed by atoms with Crippen LogP contribution in [0, 0.1) is 0 Å². The number of hydrazine groups is 1. The predicted octanol–water partition coefficient (Wildman–Crippen LogP) is 2.31. The third kappa shape index (κ3) is 4.19. The number of nitrogens with one attached hydrogen (secondary N) is 1. The van der Waals surface area contributed by atoms with Crippen LogP contribution in [-0.2, 0) is 35.1 Å². The van der Waals surface area contributed by atoms with Crippen molar-refractivity contribution in [1.29, 1.82) is 0 Å². The van der Waals surface area contributed by atoms with E-state index in [9.17, 15) is 14.4 Å². The molecule has 1 amide bonds. The molecule has 2 aliphatic rings. The summed E-state index contributed by atoms with van der Waals surface area (Å²) in [5.41, 5.74) is 1.99. The minimum absolute atomic E-state index is 0.0320. The van der Waals surface area contributed by atoms with Crippen LogP contribution in [0.4, 0.5) is 4.79 Å². The van der Waals surface area contributed by atoms with Crippen molar-refractivity contribution in [1.82, 2.24) is 10.4 Å². The van der Waals surface area contributed by atoms with Crippen molar-refractivity contribution in [3.05, 3.63) is 77.0 Å². The molecule has 2 aromatic carbocycles. The summed E-state index contributed by atoms with van der Waals surface area (Å²) in [6, 6.07) is 15.8. The van der Waals surface area contributed by atoms with Gasteiger partial charge in [0.15, 0.2) is 0 Å². The lowest BCUT2D eigenvalue weighted by Crippen LogP contribution is -2.55. The maximum absolute atomic E-state index is 13.1. The number of carbonyl (C=O) groups excluding carboxylic acids is 3. The Morgan fingerprint density at radius 1 is 1.03 bits per heavy atom. The largest absolute Gasteiger partial charge is 0.497 e. The van der Waals surface area contributed by atoms with E-state index in [0.717, 1.165) is 5.56 Å². The quantitative estimate of drug-likeness (QED) is 0.455. The zero-order valence-electron chi connectivity index (χ0n) is 20.1. The number of fused-ring (bicyclic) bond motifs is 1. The van der Waals surface area contributed by atoms with Gasteiger partial charge in [-0.25, -0.2) is 29.8 Å². The maximum atomic E-state index is 13.1. The minimum atomic E-state index is -1.93. The van der Waals surface area contributed by atoms with Crippen molar-refractivity contribution in [2.45, 2.75) is 25.3 Å². The molecule has 0 bridgehead atoms. The van der Waals surface area contributed by atoms with Gasteiger partial charge in [-0.1, -0.05) is 30.3 Å². The fourth-order valence-electron chi connectivity index (χ4n) is 4.09. The van der Waals surface area contributed by atoms with E-state index in [4.69, 9.17) is 23.7 Å². The zero-order valence-corrected chi connectivity index (χ0v) is 20.1. The van der Waals surface area contributed by atoms with Gasteiger partial charge >= 0.3 is 18.0 Å². The van der Waals surface area contributed by atoms with E-state index in [-0.39, 0.29) is 23.8 Å². The molecule has 0 spiro atoms. The Hall–Kier alpha value is -4.54. The molecule has 0 saturated heterocycles. The van der Waals surface area contributed by atoms with Crippen molar-refractivity contribution in [3.63, 3.8) is 0 Å². The number of nitrogens with zero attached hydrogens (tertiary/aromatic N) is 2. The number of carbonyl (C=O) groups is 3. The highest BCUT2D eigenvalue weighted by atomic mass is 16.6. The van der Waals surface area contributed by atoms with E-state index in [1.807, 2.05) is 6.07 Å². The van der Waals surface area contributed by atoms with Gasteiger partial charge in [-0.05, 0) is 36.8 Å². The molecule has 4 rings (SSSR count). The Morgan fingerprint density at radius 3 is 2.33 bits per heavy atom. The summed E-state index contributed by atoms with van der Waals surface area (Å²) in [4.78, 5) is 43.2. The summed E-state index contributed by atoms with van der Waals surface area (Å²) < 4.78 is 26.5. The smallest absolute Gasteiger partial charge is 0.426 e. The summed E-state index contributed by atoms with van der Waals surface area (Å²) in [6.45, 7) is 1.50. The average Bonchev–Trinajstić information content (AvgIpc) is 3.40. The number of methoxy groups -OCH3 is 3. The van der Waals surface area contributed by atoms with Crippen molar-refractivity contribution >= 4 is 23.9 Å². The number of benzene rings is 2. The van der Waals surface area contributed by atoms with Gasteiger partial charge in [-0.15, -0.1) is 0 Å². The van der Waals surface area contributed by atoms with E-state index >= 15 is 0 Å². The molecule has 11 nitrogen and oxygen atoms in total. The number of hydrogen-bond donors (Lipinski definition) is 1. The molecule has 11 heteroatoms. The number of hydrogen-bond acceptors (Lipinski definition) is 10. The Labute approximate surface area is 207 Å². The summed E-state index contributed by atoms with van der Waals surface area (Å²) in [5, 5.41) is 1.22. The molecule has 2 atom stereocenters. The first kappa shape index (κ1) is 24.6. The summed E-state index contributed by atoms with van der Waals surface area (Å²) >= 11 is 0. The predicted molar refractivity (Wildman–Crippen MR) is 125 cm³/mol. The van der Waals surface area contributed by atoms with Crippen LogP contribution in [0.5, 0.6) is 5.75 Å². The number of rotatable bonds is 7. The molecule has 0 aliphatic carbocycles. The van der Waals surface area contributed by atoms with Gasteiger partial charge < -0.3 is 23.7 Å². The van der Waals surface area contributed by atoms with Crippen molar-refractivity contribution in [3.8, 4) is 5.75 Å². The standard InChI is InChI=1S/C25H25N3O8/c1-15-19(21(29)33-3)25(23(30)34-4)22(36-20(26-25)17-8-6-5-7-9-17)28(15)27-24(31)35-14-16-10-12-18(32-2)13-11-16/h5-13,22H,14H2,1-4H3,(H,27,31). The highest BCUT2D eigenvalue weighted by molar-refractivity contribution is 6.08. The van der Waals surface area contributed by atoms with Gasteiger partial charge in [-0.3, -0.25) is 0 Å². The van der Waals surface area contributed by atoms with Gasteiger partial charge in [0.05, 0.1) is 21.3 Å². The van der Waals surface area contributed by atoms with E-state index in [1.54, 1.807) is 55.6 Å². The third-order valence-electron chi connectivity index (χ3n) is 5.84. The highest BCUT2D eigenvalue weighted by Gasteiger charge is 2.67. The van der Waals surface area contributed by atoms with Crippen molar-refractivity contribution in [2.75, 3.05) is 21.3 Å². The molecule has 0 saturated carbocycles. The summed E-state index contributed by atoms with van der Waals surface area (Å²) in [5.74, 6) is -0.907. The Bertz CT molecular complexity index is 1230. The Balaban J connectivity index is 1.64. The van der Waals surface area contributed by atoms with Crippen LogP contribution >= 0.6 is 0 Å². The molecule has 1 N–H and O–H groups in total. The fourth-order valence-corrected chi connectivity index (χ4v) is 4.09. The minimum Gasteiger partial charge on any atom is -0.497 e. The molecule has 0 aromatic heterocycles. The maximum Gasteiger partial charge on any atom is 0.426 e. The molecule has 36 heavy (non-hydrogen) atoms. The number of aliphatic imine (C=N–C) groups is 1. The first-order valence-corrected chi connectivity index (χ1v) is 10.9. The van der Waals surface area contributed by atoms with Crippen LogP contribution < -0.4 is 10.2 Å². The van der Waals surface area contributed by atoms with Gasteiger partial charge in [-0.2, -0.15) is 0 Å². The van der Waals surface area contributed by atoms with Crippen LogP contribution in [0.15, 0.2) is 70.9 Å². The average molecular weight is 495 g/mol. The first-order valence-electron chi connectivity index (χ1n) is 10.9. The normalized spacial score (nSPS) is 20.2. The van der Waals surface area contributed by atoms with Gasteiger partial charge in [0.1, 0.15) is 17.9 Å². The number of amides is 1. The van der Waals surface area contributed by atoms with Crippen molar-refractivity contribution < 1.29 is 38.1 Å². The fraction of sp³-hybridized carbons (Fsp3) is 0.280. The van der Waals surface area contributed by atoms with E-state index in [1.165, 1.54) is 26.2 Å². The third-order valence-corrected chi connectivity index (χ3v) is 5.84. The molecule has 188 valence electrons. The van der Waals surface area contributed by atoms with Gasteiger partial charge in [0.2, 0.25) is 12.1 Å². The number of allylic oxidation sites excluding steroid dienone is 1. The van der Waals surface area contributed by atoms with Crippen LogP contribution in [0.2, 0.25) is 0 Å².